The number of benzene rings is 2. The zero-order valence-corrected chi connectivity index (χ0v) is 15.6. The molecule has 2 heterocycles. The van der Waals surface area contributed by atoms with Gasteiger partial charge in [-0.1, -0.05) is 11.2 Å². The average Bonchev–Trinajstić information content (AvgIpc) is 3.37. The summed E-state index contributed by atoms with van der Waals surface area (Å²) in [6.07, 6.45) is 1.40. The van der Waals surface area contributed by atoms with Crippen molar-refractivity contribution in [2.24, 2.45) is 0 Å². The fraction of sp³-hybridized carbons (Fsp3) is 0.250. The van der Waals surface area contributed by atoms with E-state index < -0.39 is 17.7 Å². The molecule has 29 heavy (non-hydrogen) atoms. The van der Waals surface area contributed by atoms with Crippen molar-refractivity contribution < 1.29 is 22.8 Å². The number of halogens is 2. The number of likely N-dealkylation sites (tertiary alicyclic amines) is 1. The van der Waals surface area contributed by atoms with Crippen molar-refractivity contribution >= 4 is 11.7 Å². The van der Waals surface area contributed by atoms with E-state index >= 15 is 0 Å². The normalized spacial score (nSPS) is 16.1. The highest BCUT2D eigenvalue weighted by molar-refractivity contribution is 5.90. The fourth-order valence-electron chi connectivity index (χ4n) is 3.31. The van der Waals surface area contributed by atoms with Crippen LogP contribution in [0.15, 0.2) is 47.0 Å². The Morgan fingerprint density at radius 2 is 2.14 bits per heavy atom. The largest absolute Gasteiger partial charge is 0.497 e. The highest BCUT2D eigenvalue weighted by atomic mass is 19.1. The second-order valence-electron chi connectivity index (χ2n) is 6.59. The minimum Gasteiger partial charge on any atom is -0.497 e. The van der Waals surface area contributed by atoms with Gasteiger partial charge in [0.15, 0.2) is 0 Å². The average molecular weight is 400 g/mol. The Morgan fingerprint density at radius 3 is 2.93 bits per heavy atom. The predicted molar refractivity (Wildman–Crippen MR) is 100 cm³/mol. The first-order valence-electron chi connectivity index (χ1n) is 9.06. The predicted octanol–water partition coefficient (Wildman–Crippen LogP) is 4.39. The molecule has 0 spiro atoms. The molecule has 1 N–H and O–H groups in total. The van der Waals surface area contributed by atoms with Crippen LogP contribution in [0.5, 0.6) is 5.75 Å². The molecule has 2 amide bonds. The van der Waals surface area contributed by atoms with Gasteiger partial charge in [-0.15, -0.1) is 0 Å². The van der Waals surface area contributed by atoms with Gasteiger partial charge in [-0.05, 0) is 37.1 Å². The summed E-state index contributed by atoms with van der Waals surface area (Å²) < 4.78 is 37.6. The van der Waals surface area contributed by atoms with Crippen LogP contribution in [0.1, 0.15) is 24.8 Å². The van der Waals surface area contributed by atoms with E-state index in [2.05, 4.69) is 15.5 Å². The molecule has 1 aliphatic heterocycles. The molecular weight excluding hydrogens is 382 g/mol. The molecule has 3 aromatic rings. The Kier molecular flexibility index (Phi) is 5.11. The van der Waals surface area contributed by atoms with Crippen LogP contribution < -0.4 is 10.1 Å². The van der Waals surface area contributed by atoms with Crippen LogP contribution in [0.3, 0.4) is 0 Å². The molecule has 150 valence electrons. The zero-order valence-electron chi connectivity index (χ0n) is 15.6. The van der Waals surface area contributed by atoms with Crippen molar-refractivity contribution in [3.05, 3.63) is 60.0 Å². The van der Waals surface area contributed by atoms with E-state index in [0.717, 1.165) is 18.6 Å². The van der Waals surface area contributed by atoms with Crippen LogP contribution in [0.2, 0.25) is 0 Å². The number of nitrogens with zero attached hydrogens (tertiary/aromatic N) is 3. The molecule has 9 heteroatoms. The van der Waals surface area contributed by atoms with E-state index in [-0.39, 0.29) is 23.3 Å². The van der Waals surface area contributed by atoms with Crippen LogP contribution in [-0.2, 0) is 0 Å². The van der Waals surface area contributed by atoms with Crippen LogP contribution in [0.4, 0.5) is 19.3 Å². The maximum atomic E-state index is 14.0. The second-order valence-corrected chi connectivity index (χ2v) is 6.59. The Balaban J connectivity index is 1.52. The Labute approximate surface area is 165 Å². The summed E-state index contributed by atoms with van der Waals surface area (Å²) in [6.45, 7) is 0.517. The number of ether oxygens (including phenoxy) is 1. The standard InChI is InChI=1S/C20H18F2N4O3/c1-28-14-5-2-4-13(11-14)23-20(27)26-9-3-6-17(26)19-24-18(25-29-19)15-8-7-12(21)10-16(15)22/h2,4-5,7-8,10-11,17H,3,6,9H2,1H3,(H,23,27). The fourth-order valence-corrected chi connectivity index (χ4v) is 3.31. The Bertz CT molecular complexity index is 1040. The van der Waals surface area contributed by atoms with Crippen LogP contribution in [-0.4, -0.2) is 34.7 Å². The quantitative estimate of drug-likeness (QED) is 0.702. The van der Waals surface area contributed by atoms with Crippen LogP contribution >= 0.6 is 0 Å². The summed E-state index contributed by atoms with van der Waals surface area (Å²) in [5.41, 5.74) is 0.631. The number of methoxy groups -OCH3 is 1. The lowest BCUT2D eigenvalue weighted by Crippen LogP contribution is -2.34. The van der Waals surface area contributed by atoms with Crippen molar-refractivity contribution in [3.8, 4) is 17.1 Å². The number of aromatic nitrogens is 2. The summed E-state index contributed by atoms with van der Waals surface area (Å²) >= 11 is 0. The summed E-state index contributed by atoms with van der Waals surface area (Å²) in [5.74, 6) is -0.620. The van der Waals surface area contributed by atoms with Gasteiger partial charge in [0.1, 0.15) is 23.4 Å². The number of nitrogens with one attached hydrogen (secondary N) is 1. The molecule has 1 atom stereocenters. The highest BCUT2D eigenvalue weighted by Gasteiger charge is 2.34. The topological polar surface area (TPSA) is 80.5 Å². The van der Waals surface area contributed by atoms with Gasteiger partial charge in [-0.3, -0.25) is 0 Å². The molecule has 1 unspecified atom stereocenters. The van der Waals surface area contributed by atoms with Crippen molar-refractivity contribution in [3.63, 3.8) is 0 Å². The maximum absolute atomic E-state index is 14.0. The summed E-state index contributed by atoms with van der Waals surface area (Å²) in [5, 5.41) is 6.63. The van der Waals surface area contributed by atoms with Gasteiger partial charge in [-0.25, -0.2) is 13.6 Å². The molecule has 0 aliphatic carbocycles. The lowest BCUT2D eigenvalue weighted by atomic mass is 10.2. The molecule has 7 nitrogen and oxygen atoms in total. The van der Waals surface area contributed by atoms with Crippen molar-refractivity contribution in [1.82, 2.24) is 15.0 Å². The maximum Gasteiger partial charge on any atom is 0.322 e. The van der Waals surface area contributed by atoms with Crippen LogP contribution in [0.25, 0.3) is 11.4 Å². The van der Waals surface area contributed by atoms with E-state index in [9.17, 15) is 13.6 Å². The minimum absolute atomic E-state index is 0.0116. The van der Waals surface area contributed by atoms with E-state index in [1.54, 1.807) is 36.3 Å². The van der Waals surface area contributed by atoms with Gasteiger partial charge in [-0.2, -0.15) is 4.98 Å². The van der Waals surface area contributed by atoms with Gasteiger partial charge in [0.25, 0.3) is 0 Å². The SMILES string of the molecule is COc1cccc(NC(=O)N2CCCC2c2nc(-c3ccc(F)cc3F)no2)c1. The number of anilines is 1. The highest BCUT2D eigenvalue weighted by Crippen LogP contribution is 2.33. The first-order valence-corrected chi connectivity index (χ1v) is 9.06. The van der Waals surface area contributed by atoms with E-state index in [4.69, 9.17) is 9.26 Å². The van der Waals surface area contributed by atoms with Gasteiger partial charge in [0.2, 0.25) is 11.7 Å². The van der Waals surface area contributed by atoms with Crippen molar-refractivity contribution in [1.29, 1.82) is 0 Å². The first kappa shape index (κ1) is 18.9. The molecule has 1 aromatic heterocycles. The third-order valence-corrected chi connectivity index (χ3v) is 4.73. The molecule has 0 saturated carbocycles. The number of amides is 2. The second kappa shape index (κ2) is 7.86. The van der Waals surface area contributed by atoms with E-state index in [0.29, 0.717) is 24.4 Å². The molecule has 2 aromatic carbocycles. The summed E-state index contributed by atoms with van der Waals surface area (Å²) in [4.78, 5) is 18.6. The molecule has 1 fully saturated rings. The lowest BCUT2D eigenvalue weighted by molar-refractivity contribution is 0.193. The van der Waals surface area contributed by atoms with Gasteiger partial charge in [0.05, 0.1) is 12.7 Å². The molecule has 1 saturated heterocycles. The van der Waals surface area contributed by atoms with E-state index in [1.165, 1.54) is 6.07 Å². The minimum atomic E-state index is -0.781. The number of hydrogen-bond acceptors (Lipinski definition) is 5. The summed E-state index contributed by atoms with van der Waals surface area (Å²) in [6, 6.07) is 9.42. The van der Waals surface area contributed by atoms with Crippen LogP contribution in [0, 0.1) is 11.6 Å². The number of rotatable bonds is 4. The van der Waals surface area contributed by atoms with Gasteiger partial charge >= 0.3 is 6.03 Å². The third kappa shape index (κ3) is 3.89. The number of carbonyl (C=O) groups is 1. The zero-order chi connectivity index (χ0) is 20.4. The Hall–Kier alpha value is -3.49. The Morgan fingerprint density at radius 1 is 1.28 bits per heavy atom. The molecule has 4 rings (SSSR count). The molecular formula is C20H18F2N4O3. The monoisotopic (exact) mass is 400 g/mol. The lowest BCUT2D eigenvalue weighted by Gasteiger charge is -2.22. The molecule has 1 aliphatic rings. The number of hydrogen-bond donors (Lipinski definition) is 1. The number of urea groups is 1. The third-order valence-electron chi connectivity index (χ3n) is 4.73. The first-order chi connectivity index (χ1) is 14.0. The van der Waals surface area contributed by atoms with Crippen molar-refractivity contribution in [2.45, 2.75) is 18.9 Å². The molecule has 0 bridgehead atoms. The van der Waals surface area contributed by atoms with Gasteiger partial charge < -0.3 is 19.5 Å². The smallest absolute Gasteiger partial charge is 0.322 e. The van der Waals surface area contributed by atoms with E-state index in [1.807, 2.05) is 0 Å². The molecule has 0 radical (unpaired) electrons. The number of carbonyl (C=O) groups excluding carboxylic acids is 1. The summed E-state index contributed by atoms with van der Waals surface area (Å²) in [7, 11) is 1.55. The van der Waals surface area contributed by atoms with Gasteiger partial charge in [0, 0.05) is 24.4 Å². The van der Waals surface area contributed by atoms with Crippen molar-refractivity contribution in [2.75, 3.05) is 19.0 Å².